The number of morpholine rings is 1. The van der Waals surface area contributed by atoms with E-state index in [2.05, 4.69) is 9.80 Å². The summed E-state index contributed by atoms with van der Waals surface area (Å²) in [6, 6.07) is 0.544. The van der Waals surface area contributed by atoms with E-state index in [9.17, 15) is 4.39 Å². The van der Waals surface area contributed by atoms with E-state index in [4.69, 9.17) is 4.74 Å². The third-order valence-electron chi connectivity index (χ3n) is 3.36. The number of rotatable bonds is 3. The maximum atomic E-state index is 12.7. The van der Waals surface area contributed by atoms with Crippen LogP contribution in [0.15, 0.2) is 0 Å². The van der Waals surface area contributed by atoms with Crippen LogP contribution in [-0.4, -0.2) is 68.0 Å². The van der Waals surface area contributed by atoms with Crippen LogP contribution in [0.1, 0.15) is 13.3 Å². The SMILES string of the molecule is C[C@H](F)CCN1CCN2CCOC[C@H]2C1. The first-order valence-electron chi connectivity index (χ1n) is 5.94. The first kappa shape index (κ1) is 11.3. The number of ether oxygens (including phenoxy) is 1. The molecule has 2 aliphatic rings. The molecule has 0 aromatic heterocycles. The Bertz CT molecular complexity index is 201. The van der Waals surface area contributed by atoms with Gasteiger partial charge in [0.1, 0.15) is 0 Å². The van der Waals surface area contributed by atoms with Gasteiger partial charge in [0.2, 0.25) is 0 Å². The third kappa shape index (κ3) is 3.13. The van der Waals surface area contributed by atoms with Crippen LogP contribution >= 0.6 is 0 Å². The zero-order valence-electron chi connectivity index (χ0n) is 9.49. The molecule has 0 N–H and O–H groups in total. The molecule has 0 bridgehead atoms. The zero-order chi connectivity index (χ0) is 10.7. The van der Waals surface area contributed by atoms with E-state index >= 15 is 0 Å². The molecule has 2 fully saturated rings. The molecule has 0 aliphatic carbocycles. The lowest BCUT2D eigenvalue weighted by molar-refractivity contribution is -0.0453. The molecule has 2 aliphatic heterocycles. The number of nitrogens with zero attached hydrogens (tertiary/aromatic N) is 2. The highest BCUT2D eigenvalue weighted by Crippen LogP contribution is 2.14. The lowest BCUT2D eigenvalue weighted by atomic mass is 10.1. The van der Waals surface area contributed by atoms with E-state index in [-0.39, 0.29) is 0 Å². The molecule has 0 aromatic rings. The summed E-state index contributed by atoms with van der Waals surface area (Å²) in [6.07, 6.45) is -0.0150. The predicted molar refractivity (Wildman–Crippen MR) is 57.8 cm³/mol. The molecule has 2 saturated heterocycles. The number of alkyl halides is 1. The van der Waals surface area contributed by atoms with Crippen LogP contribution < -0.4 is 0 Å². The molecule has 2 heterocycles. The van der Waals surface area contributed by atoms with Gasteiger partial charge in [-0.25, -0.2) is 4.39 Å². The quantitative estimate of drug-likeness (QED) is 0.692. The van der Waals surface area contributed by atoms with Gasteiger partial charge < -0.3 is 9.64 Å². The Kier molecular flexibility index (Phi) is 3.94. The molecule has 0 saturated carbocycles. The molecule has 0 amide bonds. The Morgan fingerprint density at radius 3 is 3.07 bits per heavy atom. The van der Waals surface area contributed by atoms with E-state index in [0.29, 0.717) is 12.5 Å². The number of hydrogen-bond acceptors (Lipinski definition) is 3. The first-order chi connectivity index (χ1) is 7.25. The minimum Gasteiger partial charge on any atom is -0.378 e. The number of hydrogen-bond donors (Lipinski definition) is 0. The van der Waals surface area contributed by atoms with Gasteiger partial charge in [0.15, 0.2) is 0 Å². The highest BCUT2D eigenvalue weighted by atomic mass is 19.1. The van der Waals surface area contributed by atoms with Gasteiger partial charge in [-0.2, -0.15) is 0 Å². The second kappa shape index (κ2) is 5.23. The Balaban J connectivity index is 1.75. The predicted octanol–water partition coefficient (Wildman–Crippen LogP) is 0.751. The summed E-state index contributed by atoms with van der Waals surface area (Å²) in [7, 11) is 0. The van der Waals surface area contributed by atoms with Crippen molar-refractivity contribution in [3.8, 4) is 0 Å². The Morgan fingerprint density at radius 1 is 1.40 bits per heavy atom. The van der Waals surface area contributed by atoms with Crippen molar-refractivity contribution >= 4 is 0 Å². The average Bonchev–Trinajstić information content (AvgIpc) is 2.26. The summed E-state index contributed by atoms with van der Waals surface area (Å²) in [5.74, 6) is 0. The van der Waals surface area contributed by atoms with Gasteiger partial charge in [-0.05, 0) is 13.3 Å². The zero-order valence-corrected chi connectivity index (χ0v) is 9.49. The van der Waals surface area contributed by atoms with Crippen molar-refractivity contribution in [1.82, 2.24) is 9.80 Å². The third-order valence-corrected chi connectivity index (χ3v) is 3.36. The molecular formula is C11H21FN2O. The minimum atomic E-state index is -0.675. The van der Waals surface area contributed by atoms with Gasteiger partial charge in [0.05, 0.1) is 19.4 Å². The van der Waals surface area contributed by atoms with Crippen LogP contribution in [0.25, 0.3) is 0 Å². The van der Waals surface area contributed by atoms with E-state index in [1.165, 1.54) is 0 Å². The van der Waals surface area contributed by atoms with E-state index in [0.717, 1.165) is 45.9 Å². The summed E-state index contributed by atoms with van der Waals surface area (Å²) in [4.78, 5) is 4.87. The lowest BCUT2D eigenvalue weighted by Crippen LogP contribution is -2.58. The Hall–Kier alpha value is -0.190. The van der Waals surface area contributed by atoms with Crippen molar-refractivity contribution in [2.75, 3.05) is 45.9 Å². The van der Waals surface area contributed by atoms with Crippen molar-refractivity contribution in [3.63, 3.8) is 0 Å². The van der Waals surface area contributed by atoms with Gasteiger partial charge in [-0.15, -0.1) is 0 Å². The van der Waals surface area contributed by atoms with E-state index in [1.807, 2.05) is 0 Å². The van der Waals surface area contributed by atoms with Crippen molar-refractivity contribution in [1.29, 1.82) is 0 Å². The van der Waals surface area contributed by atoms with Gasteiger partial charge in [0.25, 0.3) is 0 Å². The molecule has 0 unspecified atom stereocenters. The highest BCUT2D eigenvalue weighted by molar-refractivity contribution is 4.84. The van der Waals surface area contributed by atoms with Crippen LogP contribution in [0.3, 0.4) is 0 Å². The van der Waals surface area contributed by atoms with Crippen molar-refractivity contribution in [2.24, 2.45) is 0 Å². The monoisotopic (exact) mass is 216 g/mol. The largest absolute Gasteiger partial charge is 0.378 e. The fourth-order valence-corrected chi connectivity index (χ4v) is 2.37. The van der Waals surface area contributed by atoms with Gasteiger partial charge >= 0.3 is 0 Å². The molecule has 88 valence electrons. The lowest BCUT2D eigenvalue weighted by Gasteiger charge is -2.43. The maximum Gasteiger partial charge on any atom is 0.0985 e. The summed E-state index contributed by atoms with van der Waals surface area (Å²) in [5.41, 5.74) is 0. The molecule has 0 spiro atoms. The molecular weight excluding hydrogens is 195 g/mol. The summed E-state index contributed by atoms with van der Waals surface area (Å²) < 4.78 is 18.2. The summed E-state index contributed by atoms with van der Waals surface area (Å²) in [6.45, 7) is 8.57. The average molecular weight is 216 g/mol. The molecule has 2 rings (SSSR count). The molecule has 4 heteroatoms. The van der Waals surface area contributed by atoms with Crippen LogP contribution in [0.5, 0.6) is 0 Å². The summed E-state index contributed by atoms with van der Waals surface area (Å²) in [5, 5.41) is 0. The minimum absolute atomic E-state index is 0.544. The van der Waals surface area contributed by atoms with Gasteiger partial charge in [0, 0.05) is 38.8 Å². The van der Waals surface area contributed by atoms with E-state index in [1.54, 1.807) is 6.92 Å². The standard InChI is InChI=1S/C11H21FN2O/c1-10(12)2-3-13-4-5-14-6-7-15-9-11(14)8-13/h10-11H,2-9H2,1H3/t10-,11+/m0/s1. The van der Waals surface area contributed by atoms with Gasteiger partial charge in [-0.3, -0.25) is 4.90 Å². The number of fused-ring (bicyclic) bond motifs is 1. The molecule has 0 radical (unpaired) electrons. The van der Waals surface area contributed by atoms with Crippen molar-refractivity contribution < 1.29 is 9.13 Å². The van der Waals surface area contributed by atoms with E-state index < -0.39 is 6.17 Å². The number of halogens is 1. The van der Waals surface area contributed by atoms with Crippen LogP contribution in [0.4, 0.5) is 4.39 Å². The maximum absolute atomic E-state index is 12.7. The summed E-state index contributed by atoms with van der Waals surface area (Å²) >= 11 is 0. The first-order valence-corrected chi connectivity index (χ1v) is 5.94. The smallest absolute Gasteiger partial charge is 0.0985 e. The highest BCUT2D eigenvalue weighted by Gasteiger charge is 2.29. The molecule has 15 heavy (non-hydrogen) atoms. The van der Waals surface area contributed by atoms with Crippen molar-refractivity contribution in [3.05, 3.63) is 0 Å². The van der Waals surface area contributed by atoms with Gasteiger partial charge in [-0.1, -0.05) is 0 Å². The Labute approximate surface area is 91.2 Å². The van der Waals surface area contributed by atoms with Crippen LogP contribution in [0.2, 0.25) is 0 Å². The molecule has 2 atom stereocenters. The molecule has 3 nitrogen and oxygen atoms in total. The second-order valence-electron chi connectivity index (χ2n) is 4.63. The number of piperazine rings is 1. The van der Waals surface area contributed by atoms with Crippen LogP contribution in [-0.2, 0) is 4.74 Å². The second-order valence-corrected chi connectivity index (χ2v) is 4.63. The normalized spacial score (nSPS) is 31.2. The van der Waals surface area contributed by atoms with Crippen LogP contribution in [0, 0.1) is 0 Å². The Morgan fingerprint density at radius 2 is 2.27 bits per heavy atom. The fourth-order valence-electron chi connectivity index (χ4n) is 2.37. The topological polar surface area (TPSA) is 15.7 Å². The van der Waals surface area contributed by atoms with Crippen molar-refractivity contribution in [2.45, 2.75) is 25.6 Å². The molecule has 0 aromatic carbocycles. The fraction of sp³-hybridized carbons (Fsp3) is 1.00.